The summed E-state index contributed by atoms with van der Waals surface area (Å²) >= 11 is 0. The van der Waals surface area contributed by atoms with Gasteiger partial charge >= 0.3 is 0 Å². The predicted molar refractivity (Wildman–Crippen MR) is 133 cm³/mol. The van der Waals surface area contributed by atoms with Gasteiger partial charge in [0.25, 0.3) is 0 Å². The molecular weight excluding hydrogens is 428 g/mol. The Morgan fingerprint density at radius 3 is 2.44 bits per heavy atom. The van der Waals surface area contributed by atoms with Crippen molar-refractivity contribution in [2.45, 2.75) is 58.8 Å². The highest BCUT2D eigenvalue weighted by Crippen LogP contribution is 2.65. The van der Waals surface area contributed by atoms with Crippen molar-refractivity contribution in [2.75, 3.05) is 14.2 Å². The van der Waals surface area contributed by atoms with Crippen molar-refractivity contribution >= 4 is 17.5 Å². The molecule has 0 heterocycles. The lowest BCUT2D eigenvalue weighted by Crippen LogP contribution is -2.50. The third-order valence-corrected chi connectivity index (χ3v) is 9.63. The van der Waals surface area contributed by atoms with Crippen molar-refractivity contribution in [2.24, 2.45) is 38.9 Å². The van der Waals surface area contributed by atoms with Gasteiger partial charge in [0.2, 0.25) is 0 Å². The van der Waals surface area contributed by atoms with E-state index in [9.17, 15) is 10.4 Å². The quantitative estimate of drug-likeness (QED) is 0.405. The van der Waals surface area contributed by atoms with Crippen LogP contribution in [-0.2, 0) is 0 Å². The lowest BCUT2D eigenvalue weighted by atomic mass is 9.47. The first-order valence-corrected chi connectivity index (χ1v) is 12.5. The monoisotopic (exact) mass is 464 g/mol. The van der Waals surface area contributed by atoms with Crippen LogP contribution in [-0.4, -0.2) is 36.1 Å². The summed E-state index contributed by atoms with van der Waals surface area (Å²) in [5.41, 5.74) is 5.36. The van der Waals surface area contributed by atoms with Crippen molar-refractivity contribution in [1.82, 2.24) is 0 Å². The minimum atomic E-state index is -0.109. The maximum absolute atomic E-state index is 10.1. The van der Waals surface area contributed by atoms with Gasteiger partial charge < -0.3 is 19.9 Å². The second-order valence-electron chi connectivity index (χ2n) is 11.0. The summed E-state index contributed by atoms with van der Waals surface area (Å²) in [6, 6.07) is 5.93. The zero-order valence-corrected chi connectivity index (χ0v) is 20.7. The maximum Gasteiger partial charge on any atom is 0.161 e. The van der Waals surface area contributed by atoms with Gasteiger partial charge in [0, 0.05) is 5.41 Å². The molecule has 4 aliphatic carbocycles. The maximum atomic E-state index is 10.1. The largest absolute Gasteiger partial charge is 0.493 e. The van der Waals surface area contributed by atoms with Crippen LogP contribution in [0.5, 0.6) is 11.5 Å². The summed E-state index contributed by atoms with van der Waals surface area (Å²) in [4.78, 5) is 0. The highest BCUT2D eigenvalue weighted by atomic mass is 16.5. The van der Waals surface area contributed by atoms with Gasteiger partial charge in [0.05, 0.1) is 25.6 Å². The lowest BCUT2D eigenvalue weighted by Gasteiger charge is -2.57. The molecule has 2 N–H and O–H groups in total. The normalized spacial score (nSPS) is 38.3. The summed E-state index contributed by atoms with van der Waals surface area (Å²) in [5.74, 6) is 3.09. The molecule has 6 heteroatoms. The topological polar surface area (TPSA) is 83.6 Å². The number of nitrogens with zero attached hydrogens (tertiary/aromatic N) is 2. The minimum absolute atomic E-state index is 0.109. The number of methoxy groups -OCH3 is 2. The fourth-order valence-corrected chi connectivity index (χ4v) is 7.79. The molecule has 0 aliphatic heterocycles. The highest BCUT2D eigenvalue weighted by Gasteiger charge is 2.59. The van der Waals surface area contributed by atoms with E-state index < -0.39 is 0 Å². The average Bonchev–Trinajstić information content (AvgIpc) is 3.14. The summed E-state index contributed by atoms with van der Waals surface area (Å²) in [5, 5.41) is 26.9. The summed E-state index contributed by atoms with van der Waals surface area (Å²) in [6.45, 7) is 4.74. The van der Waals surface area contributed by atoms with Gasteiger partial charge in [-0.2, -0.15) is 0 Å². The van der Waals surface area contributed by atoms with Crippen molar-refractivity contribution in [1.29, 1.82) is 0 Å². The molecule has 4 aliphatic rings. The summed E-state index contributed by atoms with van der Waals surface area (Å²) < 4.78 is 10.9. The molecule has 5 rings (SSSR count). The Morgan fingerprint density at radius 2 is 1.74 bits per heavy atom. The molecule has 6 nitrogen and oxygen atoms in total. The first kappa shape index (κ1) is 23.0. The van der Waals surface area contributed by atoms with Gasteiger partial charge in [-0.3, -0.25) is 0 Å². The number of oxime groups is 2. The molecule has 0 amide bonds. The van der Waals surface area contributed by atoms with Crippen LogP contribution in [0.25, 0.3) is 6.08 Å². The molecule has 34 heavy (non-hydrogen) atoms. The predicted octanol–water partition coefficient (Wildman–Crippen LogP) is 6.32. The zero-order valence-electron chi connectivity index (χ0n) is 20.7. The fourth-order valence-electron chi connectivity index (χ4n) is 7.79. The lowest BCUT2D eigenvalue weighted by molar-refractivity contribution is -0.0151. The van der Waals surface area contributed by atoms with Crippen LogP contribution in [0.1, 0.15) is 64.4 Å². The van der Waals surface area contributed by atoms with Crippen LogP contribution in [0.3, 0.4) is 0 Å². The SMILES string of the molecule is COc1ccc(/C=C2\C[C@H]3[C@@H]4CCC5=C/C(=N/O)CC[C@]5(C)[C@H]4CC[C@]3(C)\C2=N\O)cc1OC. The van der Waals surface area contributed by atoms with E-state index in [4.69, 9.17) is 9.47 Å². The minimum Gasteiger partial charge on any atom is -0.493 e. The van der Waals surface area contributed by atoms with Crippen molar-refractivity contribution in [3.05, 3.63) is 41.0 Å². The third kappa shape index (κ3) is 3.37. The first-order chi connectivity index (χ1) is 16.4. The van der Waals surface area contributed by atoms with E-state index >= 15 is 0 Å². The Hall–Kier alpha value is -2.76. The Labute approximate surface area is 202 Å². The molecule has 0 bridgehead atoms. The second kappa shape index (κ2) is 8.47. The molecule has 5 atom stereocenters. The number of benzene rings is 1. The molecule has 0 saturated heterocycles. The smallest absolute Gasteiger partial charge is 0.161 e. The van der Waals surface area contributed by atoms with Crippen LogP contribution < -0.4 is 9.47 Å². The summed E-state index contributed by atoms with van der Waals surface area (Å²) in [7, 11) is 3.29. The Kier molecular flexibility index (Phi) is 5.73. The van der Waals surface area contributed by atoms with E-state index in [1.165, 1.54) is 5.57 Å². The summed E-state index contributed by atoms with van der Waals surface area (Å²) in [6.07, 6.45) is 11.5. The molecule has 0 spiro atoms. The second-order valence-corrected chi connectivity index (χ2v) is 11.0. The molecule has 182 valence electrons. The molecule has 0 radical (unpaired) electrons. The van der Waals surface area contributed by atoms with Crippen LogP contribution >= 0.6 is 0 Å². The number of fused-ring (bicyclic) bond motifs is 5. The highest BCUT2D eigenvalue weighted by molar-refractivity contribution is 6.09. The van der Waals surface area contributed by atoms with E-state index in [2.05, 4.69) is 36.3 Å². The van der Waals surface area contributed by atoms with E-state index in [0.717, 1.165) is 67.5 Å². The molecule has 3 saturated carbocycles. The molecule has 3 fully saturated rings. The Morgan fingerprint density at radius 1 is 0.941 bits per heavy atom. The number of ether oxygens (including phenoxy) is 2. The number of hydrogen-bond donors (Lipinski definition) is 2. The van der Waals surface area contributed by atoms with E-state index in [-0.39, 0.29) is 10.8 Å². The number of allylic oxidation sites excluding steroid dienone is 3. The van der Waals surface area contributed by atoms with Gasteiger partial charge in [-0.05, 0) is 104 Å². The Balaban J connectivity index is 1.48. The van der Waals surface area contributed by atoms with Crippen LogP contribution in [0.2, 0.25) is 0 Å². The van der Waals surface area contributed by atoms with E-state index in [1.54, 1.807) is 14.2 Å². The van der Waals surface area contributed by atoms with E-state index in [0.29, 0.717) is 29.3 Å². The molecular formula is C28H36N2O4. The average molecular weight is 465 g/mol. The Bertz CT molecular complexity index is 1100. The van der Waals surface area contributed by atoms with Gasteiger partial charge in [-0.1, -0.05) is 35.8 Å². The van der Waals surface area contributed by atoms with Crippen LogP contribution in [0.15, 0.2) is 45.7 Å². The molecule has 1 aromatic rings. The van der Waals surface area contributed by atoms with Crippen molar-refractivity contribution < 1.29 is 19.9 Å². The van der Waals surface area contributed by atoms with E-state index in [1.807, 2.05) is 18.2 Å². The van der Waals surface area contributed by atoms with Crippen LogP contribution in [0, 0.1) is 28.6 Å². The van der Waals surface area contributed by atoms with Crippen LogP contribution in [0.4, 0.5) is 0 Å². The van der Waals surface area contributed by atoms with Gasteiger partial charge in [0.15, 0.2) is 11.5 Å². The third-order valence-electron chi connectivity index (χ3n) is 9.63. The number of hydrogen-bond acceptors (Lipinski definition) is 6. The fraction of sp³-hybridized carbons (Fsp3) is 0.571. The zero-order chi connectivity index (χ0) is 24.1. The van der Waals surface area contributed by atoms with Gasteiger partial charge in [-0.15, -0.1) is 0 Å². The number of rotatable bonds is 3. The molecule has 1 aromatic carbocycles. The van der Waals surface area contributed by atoms with Crippen molar-refractivity contribution in [3.63, 3.8) is 0 Å². The van der Waals surface area contributed by atoms with Gasteiger partial charge in [-0.25, -0.2) is 0 Å². The molecule has 0 unspecified atom stereocenters. The standard InChI is InChI=1S/C28H36N2O4/c1-27-11-9-20(29-31)16-19(27)6-7-21-22(27)10-12-28(2)23(21)15-18(26(28)30-32)13-17-5-8-24(33-3)25(14-17)34-4/h5,8,13-14,16,21-23,31-32H,6-7,9-12,15H2,1-4H3/b18-13+,29-20+,30-26+/t21-,22+,23+,27+,28+/m1/s1. The first-order valence-electron chi connectivity index (χ1n) is 12.5. The molecule has 0 aromatic heterocycles. The van der Waals surface area contributed by atoms with Crippen molar-refractivity contribution in [3.8, 4) is 11.5 Å². The van der Waals surface area contributed by atoms with Gasteiger partial charge in [0.1, 0.15) is 0 Å².